The first-order valence-corrected chi connectivity index (χ1v) is 18.4. The number of halogens is 5. The molecule has 2 atom stereocenters. The standard InChI is InChI=1S/C36H31F4IN7/c1-35(32-18-42-21-46(32)2,24-7-11-31(43-17-24)36(38,39)40)23-6-10-30-27(15-23)33(29-16-41-29)28(34(45-30)47-19-25(37)20-47)14-22-4-8-26(9-5-22)48-13-3-12-44-48/h3-13,15,17-18,21,25,29H,14,16,19-20H2,1-2H3/q-1. The molecule has 12 heteroatoms. The van der Waals surface area contributed by atoms with Gasteiger partial charge in [0.05, 0.1) is 0 Å². The first kappa shape index (κ1) is 31.0. The van der Waals surface area contributed by atoms with Crippen LogP contribution in [0.15, 0.2) is 91.8 Å². The van der Waals surface area contributed by atoms with Crippen LogP contribution in [0.4, 0.5) is 23.4 Å². The molecule has 6 aromatic rings. The van der Waals surface area contributed by atoms with Crippen LogP contribution in [-0.4, -0.2) is 53.0 Å². The van der Waals surface area contributed by atoms with E-state index in [-0.39, 0.29) is 21.2 Å². The predicted molar refractivity (Wildman–Crippen MR) is 171 cm³/mol. The molecular formula is C36H31F4IN7-. The molecule has 0 radical (unpaired) electrons. The second-order valence-electron chi connectivity index (χ2n) is 12.6. The molecule has 0 aliphatic carbocycles. The van der Waals surface area contributed by atoms with Crippen LogP contribution in [0.2, 0.25) is 0 Å². The van der Waals surface area contributed by atoms with Crippen LogP contribution in [0.25, 0.3) is 16.6 Å². The first-order chi connectivity index (χ1) is 23.1. The molecule has 2 aromatic carbocycles. The third kappa shape index (κ3) is 5.43. The molecule has 2 aliphatic heterocycles. The van der Waals surface area contributed by atoms with Gasteiger partial charge in [-0.05, 0) is 0 Å². The van der Waals surface area contributed by atoms with Crippen molar-refractivity contribution in [1.29, 1.82) is 0 Å². The van der Waals surface area contributed by atoms with E-state index in [1.165, 1.54) is 17.8 Å². The summed E-state index contributed by atoms with van der Waals surface area (Å²) in [5.74, 6) is 0.840. The van der Waals surface area contributed by atoms with Gasteiger partial charge >= 0.3 is 286 Å². The number of rotatable bonds is 8. The van der Waals surface area contributed by atoms with Crippen molar-refractivity contribution in [2.45, 2.75) is 35.0 Å². The van der Waals surface area contributed by atoms with Crippen molar-refractivity contribution in [3.8, 4) is 5.69 Å². The van der Waals surface area contributed by atoms with E-state index in [1.54, 1.807) is 18.7 Å². The number of aryl methyl sites for hydroxylation is 1. The van der Waals surface area contributed by atoms with Gasteiger partial charge in [-0.2, -0.15) is 0 Å². The predicted octanol–water partition coefficient (Wildman–Crippen LogP) is 3.81. The summed E-state index contributed by atoms with van der Waals surface area (Å²) in [6.07, 6.45) is 3.66. The van der Waals surface area contributed by atoms with E-state index < -0.39 is 23.5 Å². The van der Waals surface area contributed by atoms with Crippen LogP contribution >= 0.6 is 0 Å². The molecular weight excluding hydrogens is 733 g/mol. The Labute approximate surface area is 284 Å². The Balaban J connectivity index is 1.29. The number of nitrogens with zero attached hydrogens (tertiary/aromatic N) is 7. The van der Waals surface area contributed by atoms with Crippen molar-refractivity contribution in [3.05, 3.63) is 131 Å². The molecule has 2 saturated heterocycles. The van der Waals surface area contributed by atoms with Gasteiger partial charge in [-0.15, -0.1) is 0 Å². The van der Waals surface area contributed by atoms with Crippen molar-refractivity contribution in [2.75, 3.05) is 22.4 Å². The number of pyridine rings is 2. The van der Waals surface area contributed by atoms with E-state index in [2.05, 4.69) is 45.4 Å². The maximum absolute atomic E-state index is 14.2. The fourth-order valence-corrected chi connectivity index (χ4v) is 8.61. The second kappa shape index (κ2) is 11.7. The molecule has 2 unspecified atom stereocenters. The monoisotopic (exact) mass is 764 g/mol. The first-order valence-electron chi connectivity index (χ1n) is 15.6. The number of fused-ring (bicyclic) bond motifs is 1. The van der Waals surface area contributed by atoms with Gasteiger partial charge in [-0.25, -0.2) is 0 Å². The molecule has 2 aliphatic rings. The summed E-state index contributed by atoms with van der Waals surface area (Å²) >= 11 is -0.0342. The van der Waals surface area contributed by atoms with Gasteiger partial charge in [-0.1, -0.05) is 0 Å². The molecule has 0 amide bonds. The molecule has 4 aromatic heterocycles. The summed E-state index contributed by atoms with van der Waals surface area (Å²) in [5, 5.41) is 5.37. The molecule has 7 nitrogen and oxygen atoms in total. The van der Waals surface area contributed by atoms with Gasteiger partial charge in [0.25, 0.3) is 0 Å². The SMILES string of the molecule is Cn1cncc1C(C)(c1ccc(C(F)(F)F)nc1)c1ccc2nc(N3CC(F)C3)c(Cc3ccc(-n4cccn4)cc3)c(C3C[I-]3)c2c1. The molecule has 8 rings (SSSR count). The van der Waals surface area contributed by atoms with Crippen molar-refractivity contribution < 1.29 is 38.8 Å². The van der Waals surface area contributed by atoms with E-state index in [1.807, 2.05) is 52.5 Å². The molecule has 246 valence electrons. The fourth-order valence-electron chi connectivity index (χ4n) is 6.77. The summed E-state index contributed by atoms with van der Waals surface area (Å²) in [6, 6.07) is 18.9. The number of anilines is 1. The van der Waals surface area contributed by atoms with E-state index in [4.69, 9.17) is 4.98 Å². The van der Waals surface area contributed by atoms with E-state index >= 15 is 0 Å². The van der Waals surface area contributed by atoms with Crippen molar-refractivity contribution in [1.82, 2.24) is 29.3 Å². The van der Waals surface area contributed by atoms with Crippen LogP contribution in [0.5, 0.6) is 0 Å². The minimum absolute atomic E-state index is 0.0342. The van der Waals surface area contributed by atoms with Crippen molar-refractivity contribution in [3.63, 3.8) is 0 Å². The van der Waals surface area contributed by atoms with Crippen LogP contribution in [0.1, 0.15) is 50.1 Å². The summed E-state index contributed by atoms with van der Waals surface area (Å²) in [5.41, 5.74) is 5.85. The number of imidazole rings is 1. The average molecular weight is 765 g/mol. The van der Waals surface area contributed by atoms with E-state index in [9.17, 15) is 17.6 Å². The molecule has 0 spiro atoms. The van der Waals surface area contributed by atoms with E-state index in [0.717, 1.165) is 55.3 Å². The van der Waals surface area contributed by atoms with Gasteiger partial charge in [0.2, 0.25) is 0 Å². The van der Waals surface area contributed by atoms with Crippen LogP contribution in [0.3, 0.4) is 0 Å². The summed E-state index contributed by atoms with van der Waals surface area (Å²) < 4.78 is 60.0. The van der Waals surface area contributed by atoms with Gasteiger partial charge in [0.1, 0.15) is 0 Å². The molecule has 2 fully saturated rings. The Hall–Kier alpha value is -4.33. The number of hydrogen-bond acceptors (Lipinski definition) is 5. The maximum atomic E-state index is 14.2. The zero-order chi connectivity index (χ0) is 33.2. The number of aromatic nitrogens is 6. The van der Waals surface area contributed by atoms with Gasteiger partial charge in [-0.3, -0.25) is 0 Å². The molecule has 6 heterocycles. The number of alkyl halides is 6. The van der Waals surface area contributed by atoms with Crippen LogP contribution in [0, 0.1) is 0 Å². The Morgan fingerprint density at radius 3 is 2.35 bits per heavy atom. The third-order valence-corrected chi connectivity index (χ3v) is 11.9. The molecule has 0 saturated carbocycles. The van der Waals surface area contributed by atoms with Gasteiger partial charge in [0.15, 0.2) is 0 Å². The Kier molecular flexibility index (Phi) is 7.53. The summed E-state index contributed by atoms with van der Waals surface area (Å²) in [6.45, 7) is 2.64. The Morgan fingerprint density at radius 2 is 1.75 bits per heavy atom. The molecule has 48 heavy (non-hydrogen) atoms. The fraction of sp³-hybridized carbons (Fsp3) is 0.278. The minimum atomic E-state index is -4.54. The average Bonchev–Trinajstić information content (AvgIpc) is 3.55. The van der Waals surface area contributed by atoms with Crippen LogP contribution in [-0.2, 0) is 25.1 Å². The van der Waals surface area contributed by atoms with E-state index in [0.29, 0.717) is 29.0 Å². The Bertz CT molecular complexity index is 2100. The van der Waals surface area contributed by atoms with Crippen LogP contribution < -0.4 is 26.1 Å². The molecule has 0 N–H and O–H groups in total. The number of hydrogen-bond donors (Lipinski definition) is 0. The normalized spacial score (nSPS) is 18.0. The molecule has 0 bridgehead atoms. The Morgan fingerprint density at radius 1 is 0.979 bits per heavy atom. The number of benzene rings is 2. The topological polar surface area (TPSA) is 64.7 Å². The van der Waals surface area contributed by atoms with Gasteiger partial charge < -0.3 is 0 Å². The quantitative estimate of drug-likeness (QED) is 0.134. The second-order valence-corrected chi connectivity index (χ2v) is 15.8. The van der Waals surface area contributed by atoms with Gasteiger partial charge in [0, 0.05) is 0 Å². The summed E-state index contributed by atoms with van der Waals surface area (Å²) in [4.78, 5) is 15.4. The summed E-state index contributed by atoms with van der Waals surface area (Å²) in [7, 11) is 1.88. The third-order valence-electron chi connectivity index (χ3n) is 9.49. The zero-order valence-electron chi connectivity index (χ0n) is 26.2. The van der Waals surface area contributed by atoms with Crippen molar-refractivity contribution in [2.24, 2.45) is 7.05 Å². The zero-order valence-corrected chi connectivity index (χ0v) is 28.3. The van der Waals surface area contributed by atoms with Crippen molar-refractivity contribution >= 4 is 16.7 Å².